The van der Waals surface area contributed by atoms with E-state index in [1.54, 1.807) is 11.8 Å². The summed E-state index contributed by atoms with van der Waals surface area (Å²) in [6.07, 6.45) is 4.16. The van der Waals surface area contributed by atoms with Crippen LogP contribution < -0.4 is 4.90 Å². The zero-order valence-corrected chi connectivity index (χ0v) is 16.1. The first-order chi connectivity index (χ1) is 13.2. The maximum atomic E-state index is 13.4. The number of rotatable bonds is 3. The predicted molar refractivity (Wildman–Crippen MR) is 107 cm³/mol. The number of imide groups is 1. The molecule has 0 aromatic heterocycles. The van der Waals surface area contributed by atoms with Crippen LogP contribution in [-0.4, -0.2) is 35.6 Å². The van der Waals surface area contributed by atoms with Gasteiger partial charge in [-0.3, -0.25) is 14.5 Å². The highest BCUT2D eigenvalue weighted by Crippen LogP contribution is 2.53. The third-order valence-electron chi connectivity index (χ3n) is 6.32. The number of thioether (sulfide) groups is 1. The van der Waals surface area contributed by atoms with Gasteiger partial charge in [0.05, 0.1) is 17.5 Å². The highest BCUT2D eigenvalue weighted by molar-refractivity contribution is 7.98. The summed E-state index contributed by atoms with van der Waals surface area (Å²) in [5, 5.41) is 0. The average molecular weight is 378 g/mol. The summed E-state index contributed by atoms with van der Waals surface area (Å²) in [4.78, 5) is 31.8. The Hall–Kier alpha value is -2.11. The Morgan fingerprint density at radius 1 is 0.926 bits per heavy atom. The number of fused-ring (bicyclic) bond motifs is 3. The van der Waals surface area contributed by atoms with Crippen LogP contribution in [0.25, 0.3) is 0 Å². The summed E-state index contributed by atoms with van der Waals surface area (Å²) in [7, 11) is 0. The molecule has 5 rings (SSSR count). The first-order valence-electron chi connectivity index (χ1n) is 9.53. The summed E-state index contributed by atoms with van der Waals surface area (Å²) in [5.41, 5.74) is 1.85. The Balaban J connectivity index is 1.57. The van der Waals surface area contributed by atoms with Crippen molar-refractivity contribution in [2.45, 2.75) is 29.8 Å². The van der Waals surface area contributed by atoms with E-state index < -0.39 is 0 Å². The molecule has 0 unspecified atom stereocenters. The van der Waals surface area contributed by atoms with Gasteiger partial charge < -0.3 is 0 Å². The molecule has 5 heteroatoms. The molecule has 0 saturated carbocycles. The number of hydrogen-bond acceptors (Lipinski definition) is 4. The molecule has 2 amide bonds. The van der Waals surface area contributed by atoms with Gasteiger partial charge in [-0.25, -0.2) is 4.90 Å². The number of carbonyl (C=O) groups excluding carboxylic acids is 2. The first-order valence-corrected chi connectivity index (χ1v) is 10.8. The summed E-state index contributed by atoms with van der Waals surface area (Å²) < 4.78 is 0. The highest BCUT2D eigenvalue weighted by atomic mass is 32.2. The monoisotopic (exact) mass is 378 g/mol. The van der Waals surface area contributed by atoms with Gasteiger partial charge in [0.1, 0.15) is 0 Å². The summed E-state index contributed by atoms with van der Waals surface area (Å²) in [6, 6.07) is 18.1. The van der Waals surface area contributed by atoms with Gasteiger partial charge in [-0.15, -0.1) is 11.8 Å². The lowest BCUT2D eigenvalue weighted by atomic mass is 9.85. The normalized spacial score (nSPS) is 30.0. The topological polar surface area (TPSA) is 40.6 Å². The van der Waals surface area contributed by atoms with Crippen molar-refractivity contribution in [2.24, 2.45) is 11.8 Å². The van der Waals surface area contributed by atoms with Gasteiger partial charge in [0.2, 0.25) is 11.8 Å². The zero-order valence-electron chi connectivity index (χ0n) is 15.2. The lowest BCUT2D eigenvalue weighted by Crippen LogP contribution is -2.39. The molecule has 4 nitrogen and oxygen atoms in total. The molecule has 0 radical (unpaired) electrons. The number of hydrogen-bond donors (Lipinski definition) is 0. The second-order valence-corrected chi connectivity index (χ2v) is 8.44. The maximum absolute atomic E-state index is 13.4. The maximum Gasteiger partial charge on any atom is 0.239 e. The Morgan fingerprint density at radius 3 is 2.33 bits per heavy atom. The van der Waals surface area contributed by atoms with Crippen molar-refractivity contribution in [3.8, 4) is 0 Å². The Labute approximate surface area is 163 Å². The minimum Gasteiger partial charge on any atom is -0.292 e. The van der Waals surface area contributed by atoms with E-state index in [9.17, 15) is 9.59 Å². The van der Waals surface area contributed by atoms with E-state index in [4.69, 9.17) is 0 Å². The number of anilines is 1. The van der Waals surface area contributed by atoms with E-state index in [1.807, 2.05) is 30.3 Å². The third kappa shape index (κ3) is 2.48. The molecule has 138 valence electrons. The van der Waals surface area contributed by atoms with Gasteiger partial charge in [0.25, 0.3) is 0 Å². The molecule has 3 aliphatic heterocycles. The van der Waals surface area contributed by atoms with E-state index in [-0.39, 0.29) is 35.7 Å². The molecule has 0 spiro atoms. The van der Waals surface area contributed by atoms with Crippen molar-refractivity contribution in [1.29, 1.82) is 0 Å². The van der Waals surface area contributed by atoms with Crippen LogP contribution in [0.15, 0.2) is 59.5 Å². The molecule has 27 heavy (non-hydrogen) atoms. The summed E-state index contributed by atoms with van der Waals surface area (Å²) in [5.74, 6) is -0.547. The molecule has 2 aromatic carbocycles. The zero-order chi connectivity index (χ0) is 18.5. The third-order valence-corrected chi connectivity index (χ3v) is 7.07. The van der Waals surface area contributed by atoms with E-state index in [1.165, 1.54) is 9.80 Å². The Bertz CT molecular complexity index is 883. The standard InChI is InChI=1S/C22H22N2O2S/c1-27-16-11-9-14(10-12-16)20-19-18(17-8-5-13-23(17)20)21(25)24(22(19)26)15-6-3-2-4-7-15/h2-4,6-7,9-12,17-20H,5,8,13H2,1H3/t17-,18-,19+,20+/m1/s1. The van der Waals surface area contributed by atoms with Crippen LogP contribution in [0.2, 0.25) is 0 Å². The van der Waals surface area contributed by atoms with E-state index in [0.29, 0.717) is 5.69 Å². The number of nitrogens with zero attached hydrogens (tertiary/aromatic N) is 2. The van der Waals surface area contributed by atoms with Crippen LogP contribution in [0.3, 0.4) is 0 Å². The summed E-state index contributed by atoms with van der Waals surface area (Å²) in [6.45, 7) is 0.971. The van der Waals surface area contributed by atoms with Crippen LogP contribution in [0.1, 0.15) is 24.4 Å². The van der Waals surface area contributed by atoms with E-state index >= 15 is 0 Å². The van der Waals surface area contributed by atoms with Crippen LogP contribution in [0.4, 0.5) is 5.69 Å². The van der Waals surface area contributed by atoms with Crippen molar-refractivity contribution in [2.75, 3.05) is 17.7 Å². The lowest BCUT2D eigenvalue weighted by molar-refractivity contribution is -0.123. The summed E-state index contributed by atoms with van der Waals surface area (Å²) >= 11 is 1.71. The second kappa shape index (κ2) is 6.50. The largest absolute Gasteiger partial charge is 0.292 e. The number of benzene rings is 2. The minimum absolute atomic E-state index is 0.00330. The van der Waals surface area contributed by atoms with Crippen molar-refractivity contribution in [1.82, 2.24) is 4.90 Å². The fraction of sp³-hybridized carbons (Fsp3) is 0.364. The van der Waals surface area contributed by atoms with Gasteiger partial charge in [-0.2, -0.15) is 0 Å². The Morgan fingerprint density at radius 2 is 1.63 bits per heavy atom. The molecular weight excluding hydrogens is 356 g/mol. The fourth-order valence-electron chi connectivity index (χ4n) is 5.23. The number of para-hydroxylation sites is 1. The van der Waals surface area contributed by atoms with E-state index in [0.717, 1.165) is 24.9 Å². The number of amides is 2. The van der Waals surface area contributed by atoms with Crippen molar-refractivity contribution in [3.63, 3.8) is 0 Å². The van der Waals surface area contributed by atoms with Gasteiger partial charge in [0, 0.05) is 17.0 Å². The fourth-order valence-corrected chi connectivity index (χ4v) is 5.64. The van der Waals surface area contributed by atoms with Gasteiger partial charge >= 0.3 is 0 Å². The minimum atomic E-state index is -0.275. The van der Waals surface area contributed by atoms with Crippen molar-refractivity contribution in [3.05, 3.63) is 60.2 Å². The molecule has 0 bridgehead atoms. The quantitative estimate of drug-likeness (QED) is 0.603. The van der Waals surface area contributed by atoms with E-state index in [2.05, 4.69) is 35.4 Å². The predicted octanol–water partition coefficient (Wildman–Crippen LogP) is 3.73. The Kier molecular flexibility index (Phi) is 4.10. The van der Waals surface area contributed by atoms with Gasteiger partial charge in [0.15, 0.2) is 0 Å². The van der Waals surface area contributed by atoms with Gasteiger partial charge in [-0.05, 0) is 55.5 Å². The SMILES string of the molecule is CSc1ccc([C@H]2[C@H]3C(=O)N(c4ccccc4)C(=O)[C@@H]3[C@H]3CCCN32)cc1. The highest BCUT2D eigenvalue weighted by Gasteiger charge is 2.63. The van der Waals surface area contributed by atoms with Gasteiger partial charge in [-0.1, -0.05) is 30.3 Å². The molecule has 0 N–H and O–H groups in total. The average Bonchev–Trinajstić information content (AvgIpc) is 3.35. The lowest BCUT2D eigenvalue weighted by Gasteiger charge is -2.29. The smallest absolute Gasteiger partial charge is 0.239 e. The van der Waals surface area contributed by atoms with Crippen LogP contribution >= 0.6 is 11.8 Å². The molecule has 3 heterocycles. The van der Waals surface area contributed by atoms with Crippen LogP contribution in [-0.2, 0) is 9.59 Å². The molecule has 0 aliphatic carbocycles. The molecule has 3 saturated heterocycles. The molecule has 2 aromatic rings. The first kappa shape index (κ1) is 17.0. The van der Waals surface area contributed by atoms with Crippen molar-refractivity contribution >= 4 is 29.3 Å². The molecule has 3 aliphatic rings. The van der Waals surface area contributed by atoms with Crippen LogP contribution in [0, 0.1) is 11.8 Å². The molecular formula is C22H22N2O2S. The van der Waals surface area contributed by atoms with Crippen LogP contribution in [0.5, 0.6) is 0 Å². The van der Waals surface area contributed by atoms with Crippen molar-refractivity contribution < 1.29 is 9.59 Å². The molecule has 4 atom stereocenters. The number of carbonyl (C=O) groups is 2. The second-order valence-electron chi connectivity index (χ2n) is 7.56. The molecule has 3 fully saturated rings.